The maximum Gasteiger partial charge on any atom is 0.126 e. The third-order valence-corrected chi connectivity index (χ3v) is 3.43. The number of nitrogens with two attached hydrogens (primary N) is 2. The van der Waals surface area contributed by atoms with Gasteiger partial charge in [-0.05, 0) is 46.0 Å². The first-order chi connectivity index (χ1) is 7.35. The van der Waals surface area contributed by atoms with E-state index in [1.165, 1.54) is 0 Å². The Bertz CT molecular complexity index is 347. The highest BCUT2D eigenvalue weighted by atomic mass is 15.2. The number of nitrogens with zero attached hydrogens (tertiary/aromatic N) is 2. The molecule has 0 aliphatic heterocycles. The van der Waals surface area contributed by atoms with E-state index in [1.807, 2.05) is 26.2 Å². The third kappa shape index (κ3) is 2.71. The van der Waals surface area contributed by atoms with Crippen LogP contribution in [0.4, 0.5) is 5.82 Å². The second kappa shape index (κ2) is 4.80. The maximum absolute atomic E-state index is 6.23. The molecular weight excluding hydrogens is 200 g/mol. The van der Waals surface area contributed by atoms with Crippen molar-refractivity contribution in [2.75, 3.05) is 19.8 Å². The molecule has 90 valence electrons. The fourth-order valence-electron chi connectivity index (χ4n) is 1.44. The van der Waals surface area contributed by atoms with E-state index in [4.69, 9.17) is 11.5 Å². The normalized spacial score (nSPS) is 14.1. The molecule has 0 saturated carbocycles. The van der Waals surface area contributed by atoms with E-state index in [-0.39, 0.29) is 11.6 Å². The lowest BCUT2D eigenvalue weighted by molar-refractivity contribution is 0.158. The fraction of sp³-hybridized carbons (Fsp3) is 0.583. The highest BCUT2D eigenvalue weighted by Crippen LogP contribution is 2.19. The van der Waals surface area contributed by atoms with Gasteiger partial charge in [0.1, 0.15) is 5.82 Å². The summed E-state index contributed by atoms with van der Waals surface area (Å²) < 4.78 is 0. The first-order valence-electron chi connectivity index (χ1n) is 5.48. The molecule has 1 atom stereocenters. The van der Waals surface area contributed by atoms with Crippen LogP contribution >= 0.6 is 0 Å². The molecule has 1 rings (SSSR count). The average Bonchev–Trinajstić information content (AvgIpc) is 2.21. The van der Waals surface area contributed by atoms with Crippen LogP contribution in [0.5, 0.6) is 0 Å². The Morgan fingerprint density at radius 3 is 2.56 bits per heavy atom. The summed E-state index contributed by atoms with van der Waals surface area (Å²) >= 11 is 0. The van der Waals surface area contributed by atoms with Gasteiger partial charge >= 0.3 is 0 Å². The SMILES string of the molecule is CN(C)C(C)(C)C(N)Cc1cccnc1N. The number of likely N-dealkylation sites (N-methyl/N-ethyl adjacent to an activating group) is 1. The van der Waals surface area contributed by atoms with Crippen molar-refractivity contribution in [3.05, 3.63) is 23.9 Å². The molecule has 4 nitrogen and oxygen atoms in total. The summed E-state index contributed by atoms with van der Waals surface area (Å²) in [4.78, 5) is 6.20. The quantitative estimate of drug-likeness (QED) is 0.793. The lowest BCUT2D eigenvalue weighted by Crippen LogP contribution is -2.54. The van der Waals surface area contributed by atoms with Gasteiger partial charge in [0.05, 0.1) is 0 Å². The Morgan fingerprint density at radius 2 is 2.06 bits per heavy atom. The molecule has 0 bridgehead atoms. The molecular formula is C12H22N4. The standard InChI is InChI=1S/C12H22N4/c1-12(2,16(3)4)10(13)8-9-6-5-7-15-11(9)14/h5-7,10H,8,13H2,1-4H3,(H2,14,15). The predicted octanol–water partition coefficient (Wildman–Crippen LogP) is 0.874. The molecule has 1 unspecified atom stereocenters. The van der Waals surface area contributed by atoms with Gasteiger partial charge in [-0.15, -0.1) is 0 Å². The summed E-state index contributed by atoms with van der Waals surface area (Å²) in [6, 6.07) is 3.89. The summed E-state index contributed by atoms with van der Waals surface area (Å²) in [5.74, 6) is 0.576. The zero-order valence-corrected chi connectivity index (χ0v) is 10.6. The smallest absolute Gasteiger partial charge is 0.126 e. The topological polar surface area (TPSA) is 68.2 Å². The molecule has 1 aromatic rings. The zero-order valence-electron chi connectivity index (χ0n) is 10.6. The monoisotopic (exact) mass is 222 g/mol. The van der Waals surface area contributed by atoms with E-state index in [9.17, 15) is 0 Å². The molecule has 1 heterocycles. The Labute approximate surface area is 97.6 Å². The highest BCUT2D eigenvalue weighted by Gasteiger charge is 2.29. The van der Waals surface area contributed by atoms with Crippen LogP contribution in [0.1, 0.15) is 19.4 Å². The van der Waals surface area contributed by atoms with Gasteiger partial charge in [-0.25, -0.2) is 4.98 Å². The van der Waals surface area contributed by atoms with Gasteiger partial charge in [0.2, 0.25) is 0 Å². The molecule has 4 N–H and O–H groups in total. The lowest BCUT2D eigenvalue weighted by Gasteiger charge is -2.38. The Hall–Kier alpha value is -1.13. The maximum atomic E-state index is 6.23. The number of anilines is 1. The van der Waals surface area contributed by atoms with Crippen LogP contribution in [0.3, 0.4) is 0 Å². The zero-order chi connectivity index (χ0) is 12.3. The van der Waals surface area contributed by atoms with Crippen molar-refractivity contribution in [1.29, 1.82) is 0 Å². The lowest BCUT2D eigenvalue weighted by atomic mass is 9.89. The van der Waals surface area contributed by atoms with Crippen molar-refractivity contribution in [2.45, 2.75) is 31.8 Å². The number of rotatable bonds is 4. The van der Waals surface area contributed by atoms with E-state index >= 15 is 0 Å². The second-order valence-corrected chi connectivity index (χ2v) is 4.91. The third-order valence-electron chi connectivity index (χ3n) is 3.43. The minimum atomic E-state index is -0.0672. The number of aromatic nitrogens is 1. The summed E-state index contributed by atoms with van der Waals surface area (Å²) in [6.45, 7) is 4.26. The van der Waals surface area contributed by atoms with Crippen LogP contribution in [0.15, 0.2) is 18.3 Å². The van der Waals surface area contributed by atoms with Gasteiger partial charge in [-0.3, -0.25) is 0 Å². The van der Waals surface area contributed by atoms with Crippen molar-refractivity contribution >= 4 is 5.82 Å². The van der Waals surface area contributed by atoms with Crippen molar-refractivity contribution < 1.29 is 0 Å². The van der Waals surface area contributed by atoms with E-state index in [0.717, 1.165) is 12.0 Å². The van der Waals surface area contributed by atoms with Crippen LogP contribution in [-0.2, 0) is 6.42 Å². The van der Waals surface area contributed by atoms with Crippen LogP contribution in [-0.4, -0.2) is 35.6 Å². The van der Waals surface area contributed by atoms with Gasteiger partial charge in [-0.1, -0.05) is 6.07 Å². The Balaban J connectivity index is 2.79. The molecule has 0 fully saturated rings. The average molecular weight is 222 g/mol. The van der Waals surface area contributed by atoms with Crippen LogP contribution in [0.25, 0.3) is 0 Å². The second-order valence-electron chi connectivity index (χ2n) is 4.91. The number of pyridine rings is 1. The number of hydrogen-bond acceptors (Lipinski definition) is 4. The molecule has 0 radical (unpaired) electrons. The van der Waals surface area contributed by atoms with Crippen LogP contribution < -0.4 is 11.5 Å². The molecule has 1 aromatic heterocycles. The fourth-order valence-corrected chi connectivity index (χ4v) is 1.44. The first-order valence-corrected chi connectivity index (χ1v) is 5.48. The number of hydrogen-bond donors (Lipinski definition) is 2. The molecule has 0 aliphatic carbocycles. The summed E-state index contributed by atoms with van der Waals surface area (Å²) in [6.07, 6.45) is 2.44. The summed E-state index contributed by atoms with van der Waals surface area (Å²) in [5.41, 5.74) is 13.0. The van der Waals surface area contributed by atoms with E-state index in [2.05, 4.69) is 23.7 Å². The molecule has 0 amide bonds. The number of nitrogen functional groups attached to an aromatic ring is 1. The predicted molar refractivity (Wildman–Crippen MR) is 68.1 cm³/mol. The highest BCUT2D eigenvalue weighted by molar-refractivity contribution is 5.39. The van der Waals surface area contributed by atoms with Crippen molar-refractivity contribution in [3.8, 4) is 0 Å². The van der Waals surface area contributed by atoms with E-state index < -0.39 is 0 Å². The van der Waals surface area contributed by atoms with Crippen LogP contribution in [0.2, 0.25) is 0 Å². The van der Waals surface area contributed by atoms with Crippen LogP contribution in [0, 0.1) is 0 Å². The van der Waals surface area contributed by atoms with Gasteiger partial charge < -0.3 is 16.4 Å². The Morgan fingerprint density at radius 1 is 1.44 bits per heavy atom. The molecule has 0 aromatic carbocycles. The summed E-state index contributed by atoms with van der Waals surface area (Å²) in [5, 5.41) is 0. The minimum Gasteiger partial charge on any atom is -0.383 e. The summed E-state index contributed by atoms with van der Waals surface area (Å²) in [7, 11) is 4.07. The molecule has 0 spiro atoms. The van der Waals surface area contributed by atoms with E-state index in [1.54, 1.807) is 6.20 Å². The first kappa shape index (κ1) is 12.9. The van der Waals surface area contributed by atoms with Gasteiger partial charge in [0, 0.05) is 17.8 Å². The van der Waals surface area contributed by atoms with Crippen molar-refractivity contribution in [2.24, 2.45) is 5.73 Å². The Kier molecular flexibility index (Phi) is 3.88. The van der Waals surface area contributed by atoms with E-state index in [0.29, 0.717) is 5.82 Å². The molecule has 0 aliphatic rings. The van der Waals surface area contributed by atoms with Crippen molar-refractivity contribution in [1.82, 2.24) is 9.88 Å². The molecule has 16 heavy (non-hydrogen) atoms. The molecule has 0 saturated heterocycles. The van der Waals surface area contributed by atoms with Gasteiger partial charge in [0.15, 0.2) is 0 Å². The van der Waals surface area contributed by atoms with Gasteiger partial charge in [0.25, 0.3) is 0 Å². The van der Waals surface area contributed by atoms with Crippen molar-refractivity contribution in [3.63, 3.8) is 0 Å². The minimum absolute atomic E-state index is 0.0222. The largest absolute Gasteiger partial charge is 0.383 e. The molecule has 4 heteroatoms. The van der Waals surface area contributed by atoms with Gasteiger partial charge in [-0.2, -0.15) is 0 Å².